The number of hydrogen-bond donors (Lipinski definition) is 2. The Labute approximate surface area is 143 Å². The number of carbonyl (C=O) groups is 2. The Hall–Kier alpha value is -2.05. The number of benzene rings is 1. The predicted octanol–water partition coefficient (Wildman–Crippen LogP) is 3.16. The third-order valence-electron chi connectivity index (χ3n) is 2.94. The number of aryl methyl sites for hydroxylation is 1. The van der Waals surface area contributed by atoms with Crippen molar-refractivity contribution in [3.8, 4) is 5.75 Å². The van der Waals surface area contributed by atoms with Gasteiger partial charge in [-0.1, -0.05) is 23.7 Å². The van der Waals surface area contributed by atoms with Crippen molar-refractivity contribution in [1.29, 1.82) is 0 Å². The monoisotopic (exact) mass is 352 g/mol. The van der Waals surface area contributed by atoms with Gasteiger partial charge in [0.15, 0.2) is 6.61 Å². The van der Waals surface area contributed by atoms with Crippen LogP contribution in [0.25, 0.3) is 0 Å². The van der Waals surface area contributed by atoms with E-state index in [0.29, 0.717) is 17.3 Å². The zero-order valence-corrected chi connectivity index (χ0v) is 14.2. The minimum Gasteiger partial charge on any atom is -0.482 e. The van der Waals surface area contributed by atoms with E-state index in [9.17, 15) is 9.59 Å². The molecule has 0 saturated heterocycles. The average Bonchev–Trinajstić information content (AvgIpc) is 3.01. The lowest BCUT2D eigenvalue weighted by Crippen LogP contribution is -2.42. The average molecular weight is 353 g/mol. The van der Waals surface area contributed by atoms with Crippen molar-refractivity contribution in [2.24, 2.45) is 0 Å². The lowest BCUT2D eigenvalue weighted by Gasteiger charge is -2.09. The molecule has 3 amide bonds. The Kier molecular flexibility index (Phi) is 6.43. The Morgan fingerprint density at radius 1 is 1.30 bits per heavy atom. The van der Waals surface area contributed by atoms with Crippen LogP contribution in [-0.4, -0.2) is 25.1 Å². The van der Waals surface area contributed by atoms with Crippen molar-refractivity contribution in [3.05, 3.63) is 51.2 Å². The fourth-order valence-electron chi connectivity index (χ4n) is 1.83. The van der Waals surface area contributed by atoms with E-state index in [1.165, 1.54) is 4.88 Å². The summed E-state index contributed by atoms with van der Waals surface area (Å²) in [6, 6.07) is 8.69. The minimum atomic E-state index is -0.537. The molecule has 0 aliphatic heterocycles. The first kappa shape index (κ1) is 17.3. The van der Waals surface area contributed by atoms with Crippen molar-refractivity contribution in [3.63, 3.8) is 0 Å². The summed E-state index contributed by atoms with van der Waals surface area (Å²) < 4.78 is 5.32. The first-order chi connectivity index (χ1) is 11.0. The molecule has 23 heavy (non-hydrogen) atoms. The molecule has 0 aliphatic carbocycles. The maximum atomic E-state index is 11.7. The summed E-state index contributed by atoms with van der Waals surface area (Å²) >= 11 is 7.59. The van der Waals surface area contributed by atoms with Gasteiger partial charge < -0.3 is 10.1 Å². The largest absolute Gasteiger partial charge is 0.482 e. The summed E-state index contributed by atoms with van der Waals surface area (Å²) in [5.74, 6) is -0.115. The van der Waals surface area contributed by atoms with Gasteiger partial charge >= 0.3 is 6.03 Å². The third-order valence-corrected chi connectivity index (χ3v) is 4.18. The molecule has 7 heteroatoms. The molecule has 2 rings (SSSR count). The van der Waals surface area contributed by atoms with E-state index in [4.69, 9.17) is 16.3 Å². The number of carbonyl (C=O) groups excluding carboxylic acids is 2. The molecule has 1 aromatic carbocycles. The highest BCUT2D eigenvalue weighted by Crippen LogP contribution is 2.24. The standard InChI is InChI=1S/C16H17ClN2O3S/c1-11-4-5-13(17)14(9-11)22-10-15(20)19-16(21)18-7-6-12-3-2-8-23-12/h2-5,8-9H,6-7,10H2,1H3,(H2,18,19,20,21). The first-order valence-electron chi connectivity index (χ1n) is 7.03. The quantitative estimate of drug-likeness (QED) is 0.839. The lowest BCUT2D eigenvalue weighted by atomic mass is 10.2. The van der Waals surface area contributed by atoms with Gasteiger partial charge in [-0.05, 0) is 42.5 Å². The molecule has 0 spiro atoms. The van der Waals surface area contributed by atoms with E-state index in [2.05, 4.69) is 10.6 Å². The zero-order chi connectivity index (χ0) is 16.7. The molecule has 1 heterocycles. The van der Waals surface area contributed by atoms with Gasteiger partial charge in [-0.2, -0.15) is 0 Å². The molecule has 0 fully saturated rings. The van der Waals surface area contributed by atoms with Crippen LogP contribution in [0.2, 0.25) is 5.02 Å². The van der Waals surface area contributed by atoms with E-state index in [1.54, 1.807) is 23.5 Å². The van der Waals surface area contributed by atoms with Crippen LogP contribution in [-0.2, 0) is 11.2 Å². The van der Waals surface area contributed by atoms with Gasteiger partial charge in [0, 0.05) is 11.4 Å². The van der Waals surface area contributed by atoms with E-state index in [0.717, 1.165) is 12.0 Å². The number of hydrogen-bond acceptors (Lipinski definition) is 4. The van der Waals surface area contributed by atoms with E-state index in [-0.39, 0.29) is 6.61 Å². The smallest absolute Gasteiger partial charge is 0.321 e. The molecular formula is C16H17ClN2O3S. The molecule has 2 N–H and O–H groups in total. The highest BCUT2D eigenvalue weighted by molar-refractivity contribution is 7.09. The molecule has 122 valence electrons. The van der Waals surface area contributed by atoms with Gasteiger partial charge in [0.2, 0.25) is 0 Å². The Bertz CT molecular complexity index is 674. The highest BCUT2D eigenvalue weighted by Gasteiger charge is 2.09. The van der Waals surface area contributed by atoms with Crippen LogP contribution in [0.4, 0.5) is 4.79 Å². The second kappa shape index (κ2) is 8.55. The fraction of sp³-hybridized carbons (Fsp3) is 0.250. The SMILES string of the molecule is Cc1ccc(Cl)c(OCC(=O)NC(=O)NCCc2cccs2)c1. The number of rotatable bonds is 6. The van der Waals surface area contributed by atoms with Crippen molar-refractivity contribution in [2.45, 2.75) is 13.3 Å². The number of nitrogens with one attached hydrogen (secondary N) is 2. The van der Waals surface area contributed by atoms with Crippen LogP contribution in [0, 0.1) is 6.92 Å². The molecule has 0 unspecified atom stereocenters. The van der Waals surface area contributed by atoms with Gasteiger partial charge in [-0.3, -0.25) is 10.1 Å². The van der Waals surface area contributed by atoms with Gasteiger partial charge in [-0.15, -0.1) is 11.3 Å². The van der Waals surface area contributed by atoms with Gasteiger partial charge in [-0.25, -0.2) is 4.79 Å². The molecule has 0 aliphatic rings. The molecule has 0 bridgehead atoms. The van der Waals surface area contributed by atoms with E-state index >= 15 is 0 Å². The summed E-state index contributed by atoms with van der Waals surface area (Å²) in [7, 11) is 0. The number of amides is 3. The van der Waals surface area contributed by atoms with Crippen LogP contribution in [0.3, 0.4) is 0 Å². The molecule has 0 radical (unpaired) electrons. The normalized spacial score (nSPS) is 10.2. The van der Waals surface area contributed by atoms with Crippen molar-refractivity contribution >= 4 is 34.9 Å². The Balaban J connectivity index is 1.69. The number of thiophene rings is 1. The number of halogens is 1. The maximum absolute atomic E-state index is 11.7. The van der Waals surface area contributed by atoms with Gasteiger partial charge in [0.1, 0.15) is 5.75 Å². The van der Waals surface area contributed by atoms with Crippen molar-refractivity contribution in [2.75, 3.05) is 13.2 Å². The Morgan fingerprint density at radius 2 is 2.13 bits per heavy atom. The summed E-state index contributed by atoms with van der Waals surface area (Å²) in [6.45, 7) is 2.08. The molecule has 0 saturated carbocycles. The summed E-state index contributed by atoms with van der Waals surface area (Å²) in [6.07, 6.45) is 0.731. The predicted molar refractivity (Wildman–Crippen MR) is 91.2 cm³/mol. The van der Waals surface area contributed by atoms with E-state index < -0.39 is 11.9 Å². The summed E-state index contributed by atoms with van der Waals surface area (Å²) in [4.78, 5) is 24.4. The van der Waals surface area contributed by atoms with Crippen LogP contribution < -0.4 is 15.4 Å². The van der Waals surface area contributed by atoms with E-state index in [1.807, 2.05) is 30.5 Å². The van der Waals surface area contributed by atoms with Crippen molar-refractivity contribution < 1.29 is 14.3 Å². The fourth-order valence-corrected chi connectivity index (χ4v) is 2.71. The maximum Gasteiger partial charge on any atom is 0.321 e. The third kappa shape index (κ3) is 5.92. The van der Waals surface area contributed by atoms with Gasteiger partial charge in [0.05, 0.1) is 5.02 Å². The van der Waals surface area contributed by atoms with Crippen LogP contribution in [0.5, 0.6) is 5.75 Å². The molecule has 1 aromatic heterocycles. The molecule has 2 aromatic rings. The second-order valence-corrected chi connectivity index (χ2v) is 6.30. The Morgan fingerprint density at radius 3 is 2.87 bits per heavy atom. The number of urea groups is 1. The minimum absolute atomic E-state index is 0.276. The summed E-state index contributed by atoms with van der Waals surface area (Å²) in [5.41, 5.74) is 0.969. The van der Waals surface area contributed by atoms with Crippen LogP contribution in [0.1, 0.15) is 10.4 Å². The lowest BCUT2D eigenvalue weighted by molar-refractivity contribution is -0.122. The van der Waals surface area contributed by atoms with Crippen LogP contribution >= 0.6 is 22.9 Å². The topological polar surface area (TPSA) is 67.4 Å². The molecule has 0 atom stereocenters. The first-order valence-corrected chi connectivity index (χ1v) is 8.29. The molecular weight excluding hydrogens is 336 g/mol. The van der Waals surface area contributed by atoms with Crippen LogP contribution in [0.15, 0.2) is 35.7 Å². The van der Waals surface area contributed by atoms with Gasteiger partial charge in [0.25, 0.3) is 5.91 Å². The second-order valence-electron chi connectivity index (χ2n) is 4.86. The zero-order valence-electron chi connectivity index (χ0n) is 12.6. The van der Waals surface area contributed by atoms with Crippen molar-refractivity contribution in [1.82, 2.24) is 10.6 Å². The highest BCUT2D eigenvalue weighted by atomic mass is 35.5. The molecule has 5 nitrogen and oxygen atoms in total. The summed E-state index contributed by atoms with van der Waals surface area (Å²) in [5, 5.41) is 7.23. The number of imide groups is 1. The number of ether oxygens (including phenoxy) is 1.